The Morgan fingerprint density at radius 3 is 2.68 bits per heavy atom. The van der Waals surface area contributed by atoms with Crippen molar-refractivity contribution in [1.82, 2.24) is 0 Å². The fourth-order valence-electron chi connectivity index (χ4n) is 3.97. The highest BCUT2D eigenvalue weighted by Crippen LogP contribution is 2.41. The van der Waals surface area contributed by atoms with Gasteiger partial charge in [-0.25, -0.2) is 0 Å². The molecule has 0 bridgehead atoms. The van der Waals surface area contributed by atoms with E-state index in [1.165, 1.54) is 17.5 Å². The summed E-state index contributed by atoms with van der Waals surface area (Å²) in [6.45, 7) is 9.61. The lowest BCUT2D eigenvalue weighted by atomic mass is 9.68. The molecule has 1 aliphatic rings. The Labute approximate surface area is 151 Å². The van der Waals surface area contributed by atoms with Crippen LogP contribution in [0, 0.1) is 12.8 Å². The molecule has 25 heavy (non-hydrogen) atoms. The maximum atomic E-state index is 6.08. The Morgan fingerprint density at radius 1 is 1.20 bits per heavy atom. The molecule has 3 nitrogen and oxygen atoms in total. The summed E-state index contributed by atoms with van der Waals surface area (Å²) in [7, 11) is 0. The van der Waals surface area contributed by atoms with E-state index in [2.05, 4.69) is 56.4 Å². The molecule has 2 heterocycles. The third-order valence-corrected chi connectivity index (χ3v) is 5.66. The van der Waals surface area contributed by atoms with Gasteiger partial charge in [0.2, 0.25) is 0 Å². The van der Waals surface area contributed by atoms with Gasteiger partial charge in [0.15, 0.2) is 5.76 Å². The summed E-state index contributed by atoms with van der Waals surface area (Å²) >= 11 is 0. The Balaban J connectivity index is 1.70. The number of hydrogen-bond acceptors (Lipinski definition) is 2. The largest absolute Gasteiger partial charge is 0.463 e. The fourth-order valence-corrected chi connectivity index (χ4v) is 3.97. The Bertz CT molecular complexity index is 633. The molecule has 2 atom stereocenters. The topological polar surface area (TPSA) is 39.0 Å². The first-order chi connectivity index (χ1) is 12.1. The van der Waals surface area contributed by atoms with Gasteiger partial charge in [0.25, 0.3) is 0 Å². The highest BCUT2D eigenvalue weighted by atomic mass is 16.5. The summed E-state index contributed by atoms with van der Waals surface area (Å²) in [5, 5.41) is 2.37. The minimum absolute atomic E-state index is 0.237. The van der Waals surface area contributed by atoms with Gasteiger partial charge >= 0.3 is 0 Å². The van der Waals surface area contributed by atoms with Crippen LogP contribution in [0.25, 0.3) is 0 Å². The van der Waals surface area contributed by atoms with E-state index in [0.717, 1.165) is 38.3 Å². The van der Waals surface area contributed by atoms with Gasteiger partial charge in [0, 0.05) is 18.4 Å². The first-order valence-electron chi connectivity index (χ1n) is 9.62. The van der Waals surface area contributed by atoms with Gasteiger partial charge in [0.1, 0.15) is 6.54 Å². The number of ether oxygens (including phenoxy) is 1. The van der Waals surface area contributed by atoms with Gasteiger partial charge < -0.3 is 14.5 Å². The van der Waals surface area contributed by atoms with Gasteiger partial charge in [-0.1, -0.05) is 43.7 Å². The monoisotopic (exact) mass is 342 g/mol. The molecule has 0 aliphatic carbocycles. The number of furan rings is 1. The molecule has 1 saturated heterocycles. The minimum Gasteiger partial charge on any atom is -0.463 e. The molecule has 1 aliphatic heterocycles. The first kappa shape index (κ1) is 18.2. The zero-order chi connectivity index (χ0) is 17.7. The van der Waals surface area contributed by atoms with Crippen LogP contribution in [0.3, 0.4) is 0 Å². The molecule has 3 rings (SSSR count). The molecular weight excluding hydrogens is 310 g/mol. The maximum absolute atomic E-state index is 6.08. The summed E-state index contributed by atoms with van der Waals surface area (Å²) in [6, 6.07) is 13.2. The van der Waals surface area contributed by atoms with E-state index in [9.17, 15) is 0 Å². The average Bonchev–Trinajstić information content (AvgIpc) is 3.13. The van der Waals surface area contributed by atoms with Gasteiger partial charge in [-0.3, -0.25) is 0 Å². The molecular formula is C22H32NO2+. The lowest BCUT2D eigenvalue weighted by Crippen LogP contribution is -2.83. The van der Waals surface area contributed by atoms with E-state index >= 15 is 0 Å². The van der Waals surface area contributed by atoms with Gasteiger partial charge in [-0.05, 0) is 43.4 Å². The summed E-state index contributed by atoms with van der Waals surface area (Å²) in [5.74, 6) is 1.62. The van der Waals surface area contributed by atoms with E-state index in [-0.39, 0.29) is 5.41 Å². The van der Waals surface area contributed by atoms with Crippen LogP contribution in [-0.2, 0) is 16.7 Å². The van der Waals surface area contributed by atoms with Crippen LogP contribution in [0.5, 0.6) is 0 Å². The van der Waals surface area contributed by atoms with E-state index in [1.54, 1.807) is 6.26 Å². The number of aryl methyl sites for hydroxylation is 1. The Kier molecular flexibility index (Phi) is 5.98. The molecule has 3 heteroatoms. The van der Waals surface area contributed by atoms with Crippen molar-refractivity contribution in [2.45, 2.75) is 58.1 Å². The first-order valence-corrected chi connectivity index (χ1v) is 9.62. The number of quaternary nitrogens is 1. The molecule has 1 aromatic carbocycles. The van der Waals surface area contributed by atoms with Crippen LogP contribution in [-0.4, -0.2) is 19.3 Å². The van der Waals surface area contributed by atoms with Crippen molar-refractivity contribution in [3.63, 3.8) is 0 Å². The second-order valence-electron chi connectivity index (χ2n) is 7.86. The van der Waals surface area contributed by atoms with Crippen molar-refractivity contribution in [2.24, 2.45) is 5.92 Å². The third kappa shape index (κ3) is 4.53. The molecule has 136 valence electrons. The lowest BCUT2D eigenvalue weighted by molar-refractivity contribution is -0.673. The van der Waals surface area contributed by atoms with E-state index in [1.807, 2.05) is 6.07 Å². The number of hydrogen-bond donors (Lipinski definition) is 1. The standard InChI is InChI=1S/C22H31NO2/c1-17(2)21-15-22(11-14-25-21,19-8-6-18(3)7-9-19)10-12-23-16-20-5-4-13-24-20/h4-9,13,17,21,23H,10-12,14-16H2,1-3H3/p+1/t21-,22+/m1/s1. The van der Waals surface area contributed by atoms with Crippen molar-refractivity contribution in [3.05, 3.63) is 59.5 Å². The molecule has 0 amide bonds. The van der Waals surface area contributed by atoms with Crippen LogP contribution >= 0.6 is 0 Å². The maximum Gasteiger partial charge on any atom is 0.157 e. The normalized spacial score (nSPS) is 23.9. The van der Waals surface area contributed by atoms with E-state index in [4.69, 9.17) is 9.15 Å². The second kappa shape index (κ2) is 8.20. The fraction of sp³-hybridized carbons (Fsp3) is 0.545. The van der Waals surface area contributed by atoms with E-state index < -0.39 is 0 Å². The highest BCUT2D eigenvalue weighted by molar-refractivity contribution is 5.29. The predicted molar refractivity (Wildman–Crippen MR) is 100 cm³/mol. The van der Waals surface area contributed by atoms with Gasteiger partial charge in [0.05, 0.1) is 18.9 Å². The van der Waals surface area contributed by atoms with Crippen molar-refractivity contribution in [1.29, 1.82) is 0 Å². The number of rotatable bonds is 7. The molecule has 0 saturated carbocycles. The minimum atomic E-state index is 0.237. The van der Waals surface area contributed by atoms with E-state index in [0.29, 0.717) is 12.0 Å². The van der Waals surface area contributed by atoms with Crippen molar-refractivity contribution >= 4 is 0 Å². The summed E-state index contributed by atoms with van der Waals surface area (Å²) in [6.07, 6.45) is 5.54. The SMILES string of the molecule is Cc1ccc([C@@]2(CC[NH2+]Cc3ccco3)CCO[C@@H](C(C)C)C2)cc1. The third-order valence-electron chi connectivity index (χ3n) is 5.66. The van der Waals surface area contributed by atoms with Crippen LogP contribution in [0.2, 0.25) is 0 Å². The molecule has 0 radical (unpaired) electrons. The molecule has 1 fully saturated rings. The van der Waals surface area contributed by atoms with Crippen LogP contribution < -0.4 is 5.32 Å². The average molecular weight is 343 g/mol. The molecule has 0 unspecified atom stereocenters. The second-order valence-corrected chi connectivity index (χ2v) is 7.86. The van der Waals surface area contributed by atoms with Crippen LogP contribution in [0.1, 0.15) is 50.0 Å². The van der Waals surface area contributed by atoms with Gasteiger partial charge in [-0.15, -0.1) is 0 Å². The Morgan fingerprint density at radius 2 is 2.00 bits per heavy atom. The molecule has 2 N–H and O–H groups in total. The van der Waals surface area contributed by atoms with Crippen LogP contribution in [0.15, 0.2) is 47.1 Å². The molecule has 1 aromatic heterocycles. The lowest BCUT2D eigenvalue weighted by Gasteiger charge is -2.42. The zero-order valence-electron chi connectivity index (χ0n) is 15.8. The van der Waals surface area contributed by atoms with Crippen molar-refractivity contribution in [2.75, 3.05) is 13.2 Å². The summed E-state index contributed by atoms with van der Waals surface area (Å²) in [5.41, 5.74) is 3.05. The summed E-state index contributed by atoms with van der Waals surface area (Å²) in [4.78, 5) is 0. The smallest absolute Gasteiger partial charge is 0.157 e. The quantitative estimate of drug-likeness (QED) is 0.777. The molecule has 2 aromatic rings. The Hall–Kier alpha value is -1.58. The van der Waals surface area contributed by atoms with Gasteiger partial charge in [-0.2, -0.15) is 0 Å². The highest BCUT2D eigenvalue weighted by Gasteiger charge is 2.39. The zero-order valence-corrected chi connectivity index (χ0v) is 15.8. The molecule has 0 spiro atoms. The van der Waals surface area contributed by atoms with Crippen molar-refractivity contribution < 1.29 is 14.5 Å². The number of benzene rings is 1. The van der Waals surface area contributed by atoms with Crippen LogP contribution in [0.4, 0.5) is 0 Å². The predicted octanol–water partition coefficient (Wildman–Crippen LogP) is 3.81. The summed E-state index contributed by atoms with van der Waals surface area (Å²) < 4.78 is 11.5. The van der Waals surface area contributed by atoms with Crippen molar-refractivity contribution in [3.8, 4) is 0 Å². The number of nitrogens with two attached hydrogens (primary N) is 1.